The van der Waals surface area contributed by atoms with E-state index in [4.69, 9.17) is 37.6 Å². The molecule has 3 atom stereocenters. The number of hydrogen-bond acceptors (Lipinski definition) is 8. The Bertz CT molecular complexity index is 1170. The molecule has 1 saturated heterocycles. The lowest BCUT2D eigenvalue weighted by Crippen LogP contribution is -2.30. The highest BCUT2D eigenvalue weighted by Gasteiger charge is 2.31. The van der Waals surface area contributed by atoms with E-state index in [1.807, 2.05) is 6.07 Å². The van der Waals surface area contributed by atoms with Crippen LogP contribution in [0.25, 0.3) is 0 Å². The topological polar surface area (TPSA) is 141 Å². The fourth-order valence-corrected chi connectivity index (χ4v) is 4.88. The van der Waals surface area contributed by atoms with Crippen molar-refractivity contribution in [2.45, 2.75) is 76.5 Å². The summed E-state index contributed by atoms with van der Waals surface area (Å²) >= 11 is 0. The van der Waals surface area contributed by atoms with Crippen LogP contribution in [0.1, 0.15) is 76.0 Å². The minimum atomic E-state index is -3.65. The van der Waals surface area contributed by atoms with Crippen LogP contribution in [0.15, 0.2) is 11.0 Å². The molecule has 1 aliphatic rings. The second-order valence-electron chi connectivity index (χ2n) is 8.33. The molecular formula is C26H34N5O5P. The van der Waals surface area contributed by atoms with Gasteiger partial charge in [-0.1, -0.05) is 11.8 Å². The van der Waals surface area contributed by atoms with Gasteiger partial charge < -0.3 is 10.5 Å². The Morgan fingerprint density at radius 1 is 1.14 bits per heavy atom. The van der Waals surface area contributed by atoms with E-state index >= 15 is 0 Å². The lowest BCUT2D eigenvalue weighted by molar-refractivity contribution is 0.00111. The molecule has 11 heteroatoms. The third-order valence-corrected chi connectivity index (χ3v) is 7.05. The zero-order chi connectivity index (χ0) is 26.9. The van der Waals surface area contributed by atoms with E-state index in [9.17, 15) is 9.36 Å². The van der Waals surface area contributed by atoms with Crippen molar-refractivity contribution in [1.82, 2.24) is 14.6 Å². The number of ether oxygens (including phenoxy) is 1. The summed E-state index contributed by atoms with van der Waals surface area (Å²) in [6, 6.07) is 1.94. The second kappa shape index (κ2) is 16.6. The van der Waals surface area contributed by atoms with E-state index in [0.717, 1.165) is 19.3 Å². The van der Waals surface area contributed by atoms with E-state index in [2.05, 4.69) is 33.8 Å². The minimum Gasteiger partial charge on any atom is -0.382 e. The number of unbranched alkanes of at least 4 members (excludes halogenated alkanes) is 5. The predicted molar refractivity (Wildman–Crippen MR) is 141 cm³/mol. The summed E-state index contributed by atoms with van der Waals surface area (Å²) in [5.74, 6) is 11.2. The number of terminal acetylenes is 2. The van der Waals surface area contributed by atoms with Crippen molar-refractivity contribution in [1.29, 1.82) is 5.26 Å². The van der Waals surface area contributed by atoms with Crippen molar-refractivity contribution in [2.75, 3.05) is 25.5 Å². The highest BCUT2D eigenvalue weighted by atomic mass is 31.2. The molecule has 1 aromatic heterocycles. The summed E-state index contributed by atoms with van der Waals surface area (Å²) in [5.41, 5.74) is 5.82. The molecule has 3 N–H and O–H groups in total. The van der Waals surface area contributed by atoms with Crippen LogP contribution >= 0.6 is 7.75 Å². The smallest absolute Gasteiger partial charge is 0.382 e. The summed E-state index contributed by atoms with van der Waals surface area (Å²) in [5, 5.41) is 11.6. The molecule has 10 nitrogen and oxygen atoms in total. The Labute approximate surface area is 218 Å². The SMILES string of the molecule is C#CCCCCC#Cc1cn([C@H]2CCC(CNP(=O)(OCCC#N)OCCCCC#C)O2)c(=O)nc1N. The zero-order valence-corrected chi connectivity index (χ0v) is 21.9. The van der Waals surface area contributed by atoms with Crippen molar-refractivity contribution in [3.63, 3.8) is 0 Å². The van der Waals surface area contributed by atoms with Crippen LogP contribution in [-0.2, 0) is 18.3 Å². The third kappa shape index (κ3) is 10.8. The molecule has 1 aromatic rings. The normalized spacial score (nSPS) is 18.1. The van der Waals surface area contributed by atoms with Crippen molar-refractivity contribution in [3.05, 3.63) is 22.2 Å². The van der Waals surface area contributed by atoms with Gasteiger partial charge in [0, 0.05) is 32.0 Å². The largest absolute Gasteiger partial charge is 0.405 e. The second-order valence-corrected chi connectivity index (χ2v) is 10.2. The van der Waals surface area contributed by atoms with E-state index in [0.29, 0.717) is 44.1 Å². The molecule has 1 aliphatic heterocycles. The monoisotopic (exact) mass is 527 g/mol. The molecule has 2 rings (SSSR count). The number of nitriles is 1. The van der Waals surface area contributed by atoms with Crippen LogP contribution in [0.5, 0.6) is 0 Å². The molecule has 0 spiro atoms. The van der Waals surface area contributed by atoms with E-state index in [1.54, 1.807) is 6.20 Å². The maximum atomic E-state index is 13.1. The molecule has 1 fully saturated rings. The summed E-state index contributed by atoms with van der Waals surface area (Å²) in [6.45, 7) is 0.346. The number of anilines is 1. The number of rotatable bonds is 15. The summed E-state index contributed by atoms with van der Waals surface area (Å²) in [7, 11) is -3.65. The Morgan fingerprint density at radius 3 is 2.57 bits per heavy atom. The van der Waals surface area contributed by atoms with Gasteiger partial charge in [0.1, 0.15) is 12.0 Å². The van der Waals surface area contributed by atoms with Gasteiger partial charge >= 0.3 is 13.4 Å². The molecule has 37 heavy (non-hydrogen) atoms. The molecule has 0 radical (unpaired) electrons. The minimum absolute atomic E-state index is 0.0283. The fraction of sp³-hybridized carbons (Fsp3) is 0.577. The Balaban J connectivity index is 1.97. The van der Waals surface area contributed by atoms with Gasteiger partial charge in [-0.2, -0.15) is 10.2 Å². The van der Waals surface area contributed by atoms with Gasteiger partial charge in [-0.3, -0.25) is 13.6 Å². The molecule has 0 bridgehead atoms. The van der Waals surface area contributed by atoms with Gasteiger partial charge in [-0.05, 0) is 38.5 Å². The first kappa shape index (κ1) is 30.1. The number of nitrogen functional groups attached to an aromatic ring is 1. The van der Waals surface area contributed by atoms with E-state index in [-0.39, 0.29) is 38.1 Å². The average Bonchev–Trinajstić information content (AvgIpc) is 3.35. The van der Waals surface area contributed by atoms with Crippen LogP contribution in [0.4, 0.5) is 5.82 Å². The number of nitrogens with one attached hydrogen (secondary N) is 1. The molecule has 0 saturated carbocycles. The highest BCUT2D eigenvalue weighted by Crippen LogP contribution is 2.44. The molecule has 0 aromatic carbocycles. The summed E-state index contributed by atoms with van der Waals surface area (Å²) < 4.78 is 31.3. The number of nitrogens with zero attached hydrogens (tertiary/aromatic N) is 3. The van der Waals surface area contributed by atoms with Crippen LogP contribution in [0.3, 0.4) is 0 Å². The van der Waals surface area contributed by atoms with Crippen molar-refractivity contribution >= 4 is 13.6 Å². The van der Waals surface area contributed by atoms with Crippen molar-refractivity contribution < 1.29 is 18.3 Å². The standard InChI is InChI=1S/C26H34N5O5P/c1-3-5-7-9-10-11-14-22-21-31(26(32)30-25(22)28)24-16-15-23(36-24)20-29-37(33,35-19-13-17-27)34-18-12-8-6-4-2/h1-2,21,23-24H,5-10,12-13,15-16,18-20H2,(H,29,33)(H2,28,30,32)/t23?,24-,37?/m1/s1. The quantitative estimate of drug-likeness (QED) is 0.199. The van der Waals surface area contributed by atoms with Gasteiger partial charge in [0.25, 0.3) is 0 Å². The molecular weight excluding hydrogens is 493 g/mol. The van der Waals surface area contributed by atoms with Crippen molar-refractivity contribution in [2.24, 2.45) is 0 Å². The lowest BCUT2D eigenvalue weighted by atomic mass is 10.2. The van der Waals surface area contributed by atoms with Gasteiger partial charge in [-0.15, -0.1) is 24.7 Å². The molecule has 0 aliphatic carbocycles. The maximum Gasteiger partial charge on any atom is 0.405 e. The van der Waals surface area contributed by atoms with Crippen LogP contribution in [0.2, 0.25) is 0 Å². The van der Waals surface area contributed by atoms with E-state index in [1.165, 1.54) is 4.57 Å². The highest BCUT2D eigenvalue weighted by molar-refractivity contribution is 7.51. The molecule has 0 amide bonds. The van der Waals surface area contributed by atoms with Gasteiger partial charge in [0.05, 0.1) is 37.4 Å². The summed E-state index contributed by atoms with van der Waals surface area (Å²) in [6.07, 6.45) is 17.5. The number of hydrogen-bond donors (Lipinski definition) is 2. The third-order valence-electron chi connectivity index (χ3n) is 5.44. The van der Waals surface area contributed by atoms with Crippen molar-refractivity contribution in [3.8, 4) is 42.6 Å². The molecule has 2 heterocycles. The number of nitrogens with two attached hydrogens (primary N) is 1. The average molecular weight is 528 g/mol. The van der Waals surface area contributed by atoms with Gasteiger partial charge in [0.15, 0.2) is 0 Å². The lowest BCUT2D eigenvalue weighted by Gasteiger charge is -2.21. The zero-order valence-electron chi connectivity index (χ0n) is 21.0. The maximum absolute atomic E-state index is 13.1. The first-order valence-electron chi connectivity index (χ1n) is 12.3. The van der Waals surface area contributed by atoms with Crippen LogP contribution in [-0.4, -0.2) is 35.4 Å². The first-order valence-corrected chi connectivity index (χ1v) is 13.9. The predicted octanol–water partition coefficient (Wildman–Crippen LogP) is 3.50. The Hall–Kier alpha value is -3.08. The fourth-order valence-electron chi connectivity index (χ4n) is 3.49. The van der Waals surface area contributed by atoms with Crippen LogP contribution in [0, 0.1) is 47.9 Å². The Kier molecular flexibility index (Phi) is 13.5. The van der Waals surface area contributed by atoms with Gasteiger partial charge in [0.2, 0.25) is 0 Å². The Morgan fingerprint density at radius 2 is 1.84 bits per heavy atom. The molecule has 198 valence electrons. The summed E-state index contributed by atoms with van der Waals surface area (Å²) in [4.78, 5) is 16.4. The van der Waals surface area contributed by atoms with E-state index < -0.39 is 19.7 Å². The van der Waals surface area contributed by atoms with Gasteiger partial charge in [-0.25, -0.2) is 14.4 Å². The molecule has 2 unspecified atom stereocenters. The van der Waals surface area contributed by atoms with Crippen LogP contribution < -0.4 is 16.5 Å². The first-order chi connectivity index (χ1) is 17.9. The number of aromatic nitrogens is 2.